The van der Waals surface area contributed by atoms with Gasteiger partial charge in [0.15, 0.2) is 11.5 Å². The highest BCUT2D eigenvalue weighted by Crippen LogP contribution is 2.39. The lowest BCUT2D eigenvalue weighted by atomic mass is 10.00. The van der Waals surface area contributed by atoms with Gasteiger partial charge in [-0.15, -0.1) is 0 Å². The molecule has 1 heterocycles. The summed E-state index contributed by atoms with van der Waals surface area (Å²) in [5.41, 5.74) is 6.71. The van der Waals surface area contributed by atoms with Crippen molar-refractivity contribution < 1.29 is 14.2 Å². The second-order valence-electron chi connectivity index (χ2n) is 5.80. The number of rotatable bonds is 6. The topological polar surface area (TPSA) is 57.0 Å². The molecule has 0 aliphatic carbocycles. The zero-order valence-electron chi connectivity index (χ0n) is 15.7. The van der Waals surface area contributed by atoms with Crippen LogP contribution in [0.1, 0.15) is 11.1 Å². The Morgan fingerprint density at radius 1 is 0.923 bits per heavy atom. The molecule has 0 aliphatic rings. The van der Waals surface area contributed by atoms with Gasteiger partial charge < -0.3 is 24.2 Å². The van der Waals surface area contributed by atoms with Gasteiger partial charge in [-0.1, -0.05) is 6.07 Å². The number of hydrazone groups is 1. The summed E-state index contributed by atoms with van der Waals surface area (Å²) in [6.45, 7) is 0. The number of aryl methyl sites for hydroxylation is 1. The molecule has 26 heavy (non-hydrogen) atoms. The molecule has 1 aromatic heterocycles. The number of hydrogen-bond donors (Lipinski definition) is 1. The third-order valence-electron chi connectivity index (χ3n) is 4.32. The Bertz CT molecular complexity index is 935. The van der Waals surface area contributed by atoms with Gasteiger partial charge >= 0.3 is 0 Å². The molecule has 0 spiro atoms. The number of fused-ring (bicyclic) bond motifs is 1. The van der Waals surface area contributed by atoms with Crippen LogP contribution in [0.4, 0.5) is 0 Å². The molecule has 1 N–H and O–H groups in total. The van der Waals surface area contributed by atoms with Crippen molar-refractivity contribution in [1.29, 1.82) is 0 Å². The molecule has 0 saturated heterocycles. The van der Waals surface area contributed by atoms with Gasteiger partial charge in [0.25, 0.3) is 0 Å². The molecular formula is C20H23N3O3. The molecule has 0 saturated carbocycles. The largest absolute Gasteiger partial charge is 0.493 e. The molecular weight excluding hydrogens is 330 g/mol. The van der Waals surface area contributed by atoms with Crippen molar-refractivity contribution in [3.8, 4) is 17.2 Å². The number of benzene rings is 2. The number of ether oxygens (including phenoxy) is 3. The van der Waals surface area contributed by atoms with Crippen molar-refractivity contribution in [2.24, 2.45) is 12.1 Å². The highest BCUT2D eigenvalue weighted by atomic mass is 16.5. The van der Waals surface area contributed by atoms with E-state index in [0.29, 0.717) is 17.2 Å². The van der Waals surface area contributed by atoms with Gasteiger partial charge in [-0.25, -0.2) is 0 Å². The van der Waals surface area contributed by atoms with Crippen LogP contribution in [-0.2, 0) is 7.05 Å². The molecule has 0 radical (unpaired) electrons. The molecule has 0 amide bonds. The first kappa shape index (κ1) is 17.7. The summed E-state index contributed by atoms with van der Waals surface area (Å²) in [5.74, 6) is 1.74. The fourth-order valence-electron chi connectivity index (χ4n) is 3.05. The summed E-state index contributed by atoms with van der Waals surface area (Å²) in [6, 6.07) is 12.1. The Balaban J connectivity index is 2.17. The maximum Gasteiger partial charge on any atom is 0.203 e. The molecule has 0 unspecified atom stereocenters. The summed E-state index contributed by atoms with van der Waals surface area (Å²) < 4.78 is 18.4. The van der Waals surface area contributed by atoms with E-state index in [4.69, 9.17) is 14.2 Å². The summed E-state index contributed by atoms with van der Waals surface area (Å²) in [4.78, 5) is 0. The lowest BCUT2D eigenvalue weighted by Gasteiger charge is -2.15. The van der Waals surface area contributed by atoms with Crippen LogP contribution in [0.2, 0.25) is 0 Å². The van der Waals surface area contributed by atoms with Crippen molar-refractivity contribution >= 4 is 16.6 Å². The normalized spacial score (nSPS) is 11.5. The zero-order chi connectivity index (χ0) is 18.7. The fraction of sp³-hybridized carbons (Fsp3) is 0.250. The molecule has 3 rings (SSSR count). The molecule has 3 aromatic rings. The third-order valence-corrected chi connectivity index (χ3v) is 4.32. The van der Waals surface area contributed by atoms with Crippen LogP contribution < -0.4 is 19.6 Å². The maximum absolute atomic E-state index is 5.47. The van der Waals surface area contributed by atoms with E-state index < -0.39 is 0 Å². The first-order chi connectivity index (χ1) is 12.6. The van der Waals surface area contributed by atoms with Crippen molar-refractivity contribution in [1.82, 2.24) is 9.99 Å². The van der Waals surface area contributed by atoms with Crippen LogP contribution in [0.3, 0.4) is 0 Å². The number of methoxy groups -OCH3 is 3. The number of nitrogens with one attached hydrogen (secondary N) is 1. The second kappa shape index (κ2) is 7.39. The van der Waals surface area contributed by atoms with Crippen LogP contribution in [0.5, 0.6) is 17.2 Å². The fourth-order valence-corrected chi connectivity index (χ4v) is 3.05. The van der Waals surface area contributed by atoms with Gasteiger partial charge in [0.1, 0.15) is 0 Å². The number of nitrogens with zero attached hydrogens (tertiary/aromatic N) is 2. The van der Waals surface area contributed by atoms with Crippen LogP contribution in [0.15, 0.2) is 47.7 Å². The highest BCUT2D eigenvalue weighted by molar-refractivity contribution is 6.14. The van der Waals surface area contributed by atoms with Gasteiger partial charge in [-0.3, -0.25) is 0 Å². The summed E-state index contributed by atoms with van der Waals surface area (Å²) in [5, 5.41) is 5.65. The SMILES string of the molecule is CN/N=C(/c1cc(OC)c(OC)c(OC)c1)c1ccc2c(ccn2C)c1. The smallest absolute Gasteiger partial charge is 0.203 e. The standard InChI is InChI=1S/C20H23N3O3/c1-21-22-19(14-6-7-16-13(10-14)8-9-23(16)2)15-11-17(24-3)20(26-5)18(12-15)25-4/h6-12,21H,1-5H3/b22-19+. The molecule has 6 heteroatoms. The van der Waals surface area contributed by atoms with Gasteiger partial charge in [0, 0.05) is 42.3 Å². The Kier molecular flexibility index (Phi) is 5.02. The molecule has 0 bridgehead atoms. The summed E-state index contributed by atoms with van der Waals surface area (Å²) in [7, 11) is 8.60. The van der Waals surface area contributed by atoms with E-state index in [1.165, 1.54) is 5.52 Å². The molecule has 0 fully saturated rings. The second-order valence-corrected chi connectivity index (χ2v) is 5.80. The molecule has 0 atom stereocenters. The molecule has 0 aliphatic heterocycles. The van der Waals surface area contributed by atoms with E-state index in [-0.39, 0.29) is 0 Å². The predicted octanol–water partition coefficient (Wildman–Crippen LogP) is 3.18. The quantitative estimate of drug-likeness (QED) is 0.546. The summed E-state index contributed by atoms with van der Waals surface area (Å²) >= 11 is 0. The number of hydrogen-bond acceptors (Lipinski definition) is 5. The van der Waals surface area contributed by atoms with Crippen molar-refractivity contribution in [3.05, 3.63) is 53.7 Å². The van der Waals surface area contributed by atoms with E-state index in [9.17, 15) is 0 Å². The van der Waals surface area contributed by atoms with Crippen molar-refractivity contribution in [2.75, 3.05) is 28.4 Å². The number of aromatic nitrogens is 1. The Morgan fingerprint density at radius 3 is 2.19 bits per heavy atom. The van der Waals surface area contributed by atoms with E-state index in [1.54, 1.807) is 28.4 Å². The Hall–Kier alpha value is -3.15. The summed E-state index contributed by atoms with van der Waals surface area (Å²) in [6.07, 6.45) is 2.04. The minimum Gasteiger partial charge on any atom is -0.493 e. The predicted molar refractivity (Wildman–Crippen MR) is 104 cm³/mol. The zero-order valence-corrected chi connectivity index (χ0v) is 15.7. The van der Waals surface area contributed by atoms with Crippen molar-refractivity contribution in [3.63, 3.8) is 0 Å². The first-order valence-corrected chi connectivity index (χ1v) is 8.23. The average molecular weight is 353 g/mol. The average Bonchev–Trinajstić information content (AvgIpc) is 3.05. The Morgan fingerprint density at radius 2 is 1.62 bits per heavy atom. The monoisotopic (exact) mass is 353 g/mol. The van der Waals surface area contributed by atoms with Crippen molar-refractivity contribution in [2.45, 2.75) is 0 Å². The van der Waals surface area contributed by atoms with Crippen LogP contribution >= 0.6 is 0 Å². The molecule has 2 aromatic carbocycles. The van der Waals surface area contributed by atoms with Gasteiger partial charge in [-0.2, -0.15) is 5.10 Å². The molecule has 6 nitrogen and oxygen atoms in total. The van der Waals surface area contributed by atoms with Gasteiger partial charge in [0.2, 0.25) is 5.75 Å². The van der Waals surface area contributed by atoms with Gasteiger partial charge in [-0.05, 0) is 30.3 Å². The van der Waals surface area contributed by atoms with E-state index >= 15 is 0 Å². The van der Waals surface area contributed by atoms with Crippen LogP contribution in [0.25, 0.3) is 10.9 Å². The highest BCUT2D eigenvalue weighted by Gasteiger charge is 2.17. The van der Waals surface area contributed by atoms with Gasteiger partial charge in [0.05, 0.1) is 27.0 Å². The first-order valence-electron chi connectivity index (χ1n) is 8.23. The van der Waals surface area contributed by atoms with Crippen LogP contribution in [0, 0.1) is 0 Å². The Labute approximate surface area is 153 Å². The van der Waals surface area contributed by atoms with E-state index in [0.717, 1.165) is 22.2 Å². The molecule has 136 valence electrons. The van der Waals surface area contributed by atoms with E-state index in [2.05, 4.69) is 39.4 Å². The lowest BCUT2D eigenvalue weighted by Crippen LogP contribution is -2.10. The maximum atomic E-state index is 5.47. The minimum atomic E-state index is 0.557. The lowest BCUT2D eigenvalue weighted by molar-refractivity contribution is 0.324. The minimum absolute atomic E-state index is 0.557. The third kappa shape index (κ3) is 3.06. The van der Waals surface area contributed by atoms with Crippen LogP contribution in [-0.4, -0.2) is 38.7 Å². The van der Waals surface area contributed by atoms with E-state index in [1.807, 2.05) is 25.4 Å².